The van der Waals surface area contributed by atoms with E-state index in [4.69, 9.17) is 0 Å². The highest BCUT2D eigenvalue weighted by molar-refractivity contribution is 6.07. The van der Waals surface area contributed by atoms with Crippen LogP contribution in [-0.4, -0.2) is 59.4 Å². The Hall–Kier alpha value is -4.72. The maximum Gasteiger partial charge on any atom is 0.254 e. The number of hydrogen-bond donors (Lipinski definition) is 1. The zero-order valence-electron chi connectivity index (χ0n) is 22.6. The lowest BCUT2D eigenvalue weighted by molar-refractivity contribution is -0.137. The van der Waals surface area contributed by atoms with Gasteiger partial charge >= 0.3 is 0 Å². The highest BCUT2D eigenvalue weighted by atomic mass is 19.1. The second-order valence-corrected chi connectivity index (χ2v) is 10.7. The van der Waals surface area contributed by atoms with Crippen molar-refractivity contribution in [1.29, 1.82) is 0 Å². The van der Waals surface area contributed by atoms with Gasteiger partial charge in [0.2, 0.25) is 5.91 Å². The third-order valence-corrected chi connectivity index (χ3v) is 8.22. The minimum Gasteiger partial charge on any atom is -0.350 e. The zero-order chi connectivity index (χ0) is 28.4. The molecule has 1 N–H and O–H groups in total. The van der Waals surface area contributed by atoms with Gasteiger partial charge in [0, 0.05) is 30.9 Å². The fraction of sp³-hybridized carbons (Fsp3) is 0.242. The molecule has 2 aliphatic rings. The summed E-state index contributed by atoms with van der Waals surface area (Å²) >= 11 is 0. The lowest BCUT2D eigenvalue weighted by Crippen LogP contribution is -2.57. The SMILES string of the molecule is O=C(CN1CN(c2ccccc2)C2(CCN(C(=O)c3cccc4ccccc34)CC2)C1=O)NCc1ccc(F)cc1. The Kier molecular flexibility index (Phi) is 7.14. The molecule has 2 heterocycles. The van der Waals surface area contributed by atoms with E-state index in [0.29, 0.717) is 31.5 Å². The van der Waals surface area contributed by atoms with Crippen LogP contribution in [0.15, 0.2) is 97.1 Å². The smallest absolute Gasteiger partial charge is 0.254 e. The number of nitrogens with zero attached hydrogens (tertiary/aromatic N) is 3. The lowest BCUT2D eigenvalue weighted by atomic mass is 9.85. The topological polar surface area (TPSA) is 73.0 Å². The number of benzene rings is 4. The third-order valence-electron chi connectivity index (χ3n) is 8.22. The van der Waals surface area contributed by atoms with Crippen molar-refractivity contribution in [2.75, 3.05) is 31.2 Å². The minimum absolute atomic E-state index is 0.0367. The summed E-state index contributed by atoms with van der Waals surface area (Å²) in [7, 11) is 0. The highest BCUT2D eigenvalue weighted by Crippen LogP contribution is 2.40. The molecule has 0 saturated carbocycles. The van der Waals surface area contributed by atoms with E-state index in [1.54, 1.807) is 17.0 Å². The fourth-order valence-electron chi connectivity index (χ4n) is 6.02. The first-order valence-corrected chi connectivity index (χ1v) is 13.8. The van der Waals surface area contributed by atoms with Gasteiger partial charge in [0.05, 0.1) is 6.67 Å². The first-order chi connectivity index (χ1) is 19.9. The van der Waals surface area contributed by atoms with Crippen molar-refractivity contribution < 1.29 is 18.8 Å². The molecule has 7 nitrogen and oxygen atoms in total. The Morgan fingerprint density at radius 3 is 2.27 bits per heavy atom. The Labute approximate surface area is 238 Å². The van der Waals surface area contributed by atoms with Crippen LogP contribution in [0.4, 0.5) is 10.1 Å². The summed E-state index contributed by atoms with van der Waals surface area (Å²) in [4.78, 5) is 46.0. The summed E-state index contributed by atoms with van der Waals surface area (Å²) in [6.45, 7) is 1.32. The predicted molar refractivity (Wildman–Crippen MR) is 156 cm³/mol. The first-order valence-electron chi connectivity index (χ1n) is 13.8. The van der Waals surface area contributed by atoms with Gasteiger partial charge in [0.15, 0.2) is 0 Å². The van der Waals surface area contributed by atoms with Crippen molar-refractivity contribution in [1.82, 2.24) is 15.1 Å². The van der Waals surface area contributed by atoms with Gasteiger partial charge in [-0.15, -0.1) is 0 Å². The van der Waals surface area contributed by atoms with Crippen LogP contribution in [0.1, 0.15) is 28.8 Å². The molecule has 2 saturated heterocycles. The maximum atomic E-state index is 14.0. The molecule has 0 aliphatic carbocycles. The molecule has 0 unspecified atom stereocenters. The Morgan fingerprint density at radius 1 is 0.829 bits per heavy atom. The second kappa shape index (κ2) is 11.0. The van der Waals surface area contributed by atoms with E-state index in [9.17, 15) is 18.8 Å². The van der Waals surface area contributed by atoms with Gasteiger partial charge in [0.25, 0.3) is 11.8 Å². The van der Waals surface area contributed by atoms with Gasteiger partial charge in [0.1, 0.15) is 17.9 Å². The summed E-state index contributed by atoms with van der Waals surface area (Å²) in [5.74, 6) is -0.754. The molecule has 0 radical (unpaired) electrons. The molecule has 8 heteroatoms. The number of para-hydroxylation sites is 1. The number of rotatable bonds is 6. The van der Waals surface area contributed by atoms with Crippen molar-refractivity contribution in [3.63, 3.8) is 0 Å². The summed E-state index contributed by atoms with van der Waals surface area (Å²) in [6.07, 6.45) is 0.926. The molecule has 2 aliphatic heterocycles. The van der Waals surface area contributed by atoms with Crippen molar-refractivity contribution in [3.05, 3.63) is 114 Å². The van der Waals surface area contributed by atoms with E-state index in [-0.39, 0.29) is 43.3 Å². The molecule has 41 heavy (non-hydrogen) atoms. The number of piperidine rings is 1. The molecule has 4 aromatic carbocycles. The molecule has 3 amide bonds. The van der Waals surface area contributed by atoms with Crippen LogP contribution in [0.5, 0.6) is 0 Å². The Bertz CT molecular complexity index is 1580. The molecule has 208 valence electrons. The summed E-state index contributed by atoms with van der Waals surface area (Å²) in [6, 6.07) is 29.3. The number of hydrogen-bond acceptors (Lipinski definition) is 4. The summed E-state index contributed by atoms with van der Waals surface area (Å²) in [5.41, 5.74) is 1.51. The third kappa shape index (κ3) is 5.13. The highest BCUT2D eigenvalue weighted by Gasteiger charge is 2.54. The standard InChI is InChI=1S/C33H31FN4O3/c34-26-15-13-24(14-16-26)21-35-30(39)22-37-23-38(27-9-2-1-3-10-27)33(32(37)41)17-19-36(20-18-33)31(40)29-12-6-8-25-7-4-5-11-28(25)29/h1-16H,17-23H2,(H,35,39). The minimum atomic E-state index is -0.839. The number of fused-ring (bicyclic) bond motifs is 1. The van der Waals surface area contributed by atoms with Gasteiger partial charge in [-0.2, -0.15) is 0 Å². The molecule has 0 aromatic heterocycles. The Morgan fingerprint density at radius 2 is 1.51 bits per heavy atom. The van der Waals surface area contributed by atoms with Gasteiger partial charge < -0.3 is 20.0 Å². The molecular formula is C33H31FN4O3. The first kappa shape index (κ1) is 26.5. The van der Waals surface area contributed by atoms with E-state index in [2.05, 4.69) is 10.2 Å². The molecule has 6 rings (SSSR count). The number of nitrogens with one attached hydrogen (secondary N) is 1. The number of carbonyl (C=O) groups excluding carboxylic acids is 3. The molecule has 4 aromatic rings. The Balaban J connectivity index is 1.18. The van der Waals surface area contributed by atoms with E-state index >= 15 is 0 Å². The number of halogens is 1. The largest absolute Gasteiger partial charge is 0.350 e. The van der Waals surface area contributed by atoms with Crippen molar-refractivity contribution in [2.45, 2.75) is 24.9 Å². The molecule has 0 atom stereocenters. The quantitative estimate of drug-likeness (QED) is 0.382. The molecular weight excluding hydrogens is 519 g/mol. The number of carbonyl (C=O) groups is 3. The second-order valence-electron chi connectivity index (χ2n) is 10.7. The van der Waals surface area contributed by atoms with E-state index in [0.717, 1.165) is 22.0 Å². The van der Waals surface area contributed by atoms with Crippen molar-refractivity contribution in [3.8, 4) is 0 Å². The van der Waals surface area contributed by atoms with Crippen LogP contribution in [-0.2, 0) is 16.1 Å². The number of amides is 3. The average molecular weight is 551 g/mol. The van der Waals surface area contributed by atoms with Crippen LogP contribution < -0.4 is 10.2 Å². The van der Waals surface area contributed by atoms with Crippen molar-refractivity contribution in [2.24, 2.45) is 0 Å². The normalized spacial score (nSPS) is 16.4. The van der Waals surface area contributed by atoms with Gasteiger partial charge in [-0.05, 0) is 59.5 Å². The predicted octanol–water partition coefficient (Wildman–Crippen LogP) is 4.58. The molecule has 2 fully saturated rings. The van der Waals surface area contributed by atoms with E-state index < -0.39 is 5.54 Å². The fourth-order valence-corrected chi connectivity index (χ4v) is 6.02. The maximum absolute atomic E-state index is 14.0. The molecule has 1 spiro atoms. The lowest BCUT2D eigenvalue weighted by Gasteiger charge is -2.43. The van der Waals surface area contributed by atoms with E-state index in [1.165, 1.54) is 12.1 Å². The van der Waals surface area contributed by atoms with Crippen molar-refractivity contribution >= 4 is 34.2 Å². The van der Waals surface area contributed by atoms with Gasteiger partial charge in [-0.1, -0.05) is 66.7 Å². The van der Waals surface area contributed by atoms with Gasteiger partial charge in [-0.25, -0.2) is 4.39 Å². The monoisotopic (exact) mass is 550 g/mol. The van der Waals surface area contributed by atoms with Crippen LogP contribution in [0.2, 0.25) is 0 Å². The van der Waals surface area contributed by atoms with Crippen LogP contribution in [0, 0.1) is 5.82 Å². The van der Waals surface area contributed by atoms with Crippen LogP contribution >= 0.6 is 0 Å². The summed E-state index contributed by atoms with van der Waals surface area (Å²) < 4.78 is 13.2. The average Bonchev–Trinajstić information content (AvgIpc) is 3.27. The summed E-state index contributed by atoms with van der Waals surface area (Å²) in [5, 5.41) is 4.77. The zero-order valence-corrected chi connectivity index (χ0v) is 22.6. The molecule has 0 bridgehead atoms. The van der Waals surface area contributed by atoms with E-state index in [1.807, 2.05) is 77.7 Å². The van der Waals surface area contributed by atoms with Crippen LogP contribution in [0.25, 0.3) is 10.8 Å². The van der Waals surface area contributed by atoms with Crippen LogP contribution in [0.3, 0.4) is 0 Å². The number of anilines is 1. The van der Waals surface area contributed by atoms with Gasteiger partial charge in [-0.3, -0.25) is 14.4 Å². The number of likely N-dealkylation sites (tertiary alicyclic amines) is 1.